The summed E-state index contributed by atoms with van der Waals surface area (Å²) in [7, 11) is 1.62. The molecule has 2 aromatic rings. The standard InChI is InChI=1S/C20H24N2O4/c1-4-26-20(24)14-7-9-22(10-8-14)19(23)17-11-15-5-6-16(25-3)12-18(15)21-13(17)2/h5-6,11-12,14H,4,7-10H2,1-3H3. The fourth-order valence-electron chi connectivity index (χ4n) is 3.34. The quantitative estimate of drug-likeness (QED) is 0.788. The number of nitrogens with zero attached hydrogens (tertiary/aromatic N) is 2. The van der Waals surface area contributed by atoms with Crippen molar-refractivity contribution < 1.29 is 19.1 Å². The SMILES string of the molecule is CCOC(=O)C1CCN(C(=O)c2cc3ccc(OC)cc3nc2C)CC1. The molecular formula is C20H24N2O4. The van der Waals surface area contributed by atoms with Gasteiger partial charge in [-0.05, 0) is 44.9 Å². The maximum atomic E-state index is 12.9. The van der Waals surface area contributed by atoms with Gasteiger partial charge in [0, 0.05) is 24.5 Å². The molecule has 6 heteroatoms. The highest BCUT2D eigenvalue weighted by Crippen LogP contribution is 2.25. The summed E-state index contributed by atoms with van der Waals surface area (Å²) < 4.78 is 10.3. The zero-order valence-electron chi connectivity index (χ0n) is 15.4. The van der Waals surface area contributed by atoms with E-state index in [1.165, 1.54) is 0 Å². The molecule has 0 unspecified atom stereocenters. The van der Waals surface area contributed by atoms with E-state index in [9.17, 15) is 9.59 Å². The van der Waals surface area contributed by atoms with Crippen molar-refractivity contribution in [1.82, 2.24) is 9.88 Å². The van der Waals surface area contributed by atoms with Gasteiger partial charge in [-0.1, -0.05) is 0 Å². The fraction of sp³-hybridized carbons (Fsp3) is 0.450. The fourth-order valence-corrected chi connectivity index (χ4v) is 3.34. The number of esters is 1. The van der Waals surface area contributed by atoms with Crippen LogP contribution in [0.25, 0.3) is 10.9 Å². The highest BCUT2D eigenvalue weighted by atomic mass is 16.5. The third kappa shape index (κ3) is 3.64. The van der Waals surface area contributed by atoms with Gasteiger partial charge in [0.05, 0.1) is 36.4 Å². The normalized spacial score (nSPS) is 15.1. The lowest BCUT2D eigenvalue weighted by Gasteiger charge is -2.31. The summed E-state index contributed by atoms with van der Waals surface area (Å²) in [5, 5.41) is 0.904. The van der Waals surface area contributed by atoms with Crippen LogP contribution in [0.3, 0.4) is 0 Å². The van der Waals surface area contributed by atoms with Crippen LogP contribution in [0.15, 0.2) is 24.3 Å². The number of fused-ring (bicyclic) bond motifs is 1. The number of likely N-dealkylation sites (tertiary alicyclic amines) is 1. The molecule has 3 rings (SSSR count). The molecule has 1 fully saturated rings. The molecule has 0 saturated carbocycles. The zero-order valence-corrected chi connectivity index (χ0v) is 15.4. The van der Waals surface area contributed by atoms with Crippen molar-refractivity contribution in [3.63, 3.8) is 0 Å². The Morgan fingerprint density at radius 3 is 2.62 bits per heavy atom. The van der Waals surface area contributed by atoms with Gasteiger partial charge in [-0.3, -0.25) is 14.6 Å². The number of ether oxygens (including phenoxy) is 2. The second-order valence-electron chi connectivity index (χ2n) is 6.50. The van der Waals surface area contributed by atoms with E-state index < -0.39 is 0 Å². The molecule has 0 spiro atoms. The Labute approximate surface area is 153 Å². The number of aromatic nitrogens is 1. The lowest BCUT2D eigenvalue weighted by atomic mass is 9.96. The van der Waals surface area contributed by atoms with E-state index in [2.05, 4.69) is 4.98 Å². The molecule has 2 heterocycles. The van der Waals surface area contributed by atoms with E-state index in [0.717, 1.165) is 16.7 Å². The Hall–Kier alpha value is -2.63. The number of rotatable bonds is 4. The predicted molar refractivity (Wildman–Crippen MR) is 98.3 cm³/mol. The molecule has 0 radical (unpaired) electrons. The number of hydrogen-bond donors (Lipinski definition) is 0. The Morgan fingerprint density at radius 1 is 1.23 bits per heavy atom. The smallest absolute Gasteiger partial charge is 0.309 e. The maximum Gasteiger partial charge on any atom is 0.309 e. The van der Waals surface area contributed by atoms with Gasteiger partial charge in [-0.25, -0.2) is 0 Å². The molecule has 138 valence electrons. The summed E-state index contributed by atoms with van der Waals surface area (Å²) in [5.74, 6) is 0.443. The largest absolute Gasteiger partial charge is 0.497 e. The van der Waals surface area contributed by atoms with Gasteiger partial charge in [-0.2, -0.15) is 0 Å². The van der Waals surface area contributed by atoms with Crippen LogP contribution in [0.1, 0.15) is 35.8 Å². The predicted octanol–water partition coefficient (Wildman–Crippen LogP) is 2.97. The minimum absolute atomic E-state index is 0.0324. The topological polar surface area (TPSA) is 68.7 Å². The number of amides is 1. The lowest BCUT2D eigenvalue weighted by Crippen LogP contribution is -2.41. The number of piperidine rings is 1. The van der Waals surface area contributed by atoms with Crippen LogP contribution >= 0.6 is 0 Å². The first-order chi connectivity index (χ1) is 12.5. The number of carbonyl (C=O) groups is 2. The third-order valence-corrected chi connectivity index (χ3v) is 4.85. The summed E-state index contributed by atoms with van der Waals surface area (Å²) in [6, 6.07) is 7.51. The number of methoxy groups -OCH3 is 1. The Kier molecular flexibility index (Phi) is 5.40. The molecule has 0 atom stereocenters. The van der Waals surface area contributed by atoms with E-state index in [1.54, 1.807) is 12.0 Å². The highest BCUT2D eigenvalue weighted by molar-refractivity contribution is 5.99. The van der Waals surface area contributed by atoms with Gasteiger partial charge in [0.2, 0.25) is 0 Å². The number of benzene rings is 1. The summed E-state index contributed by atoms with van der Waals surface area (Å²) in [5.41, 5.74) is 2.11. The van der Waals surface area contributed by atoms with Crippen LogP contribution in [0.2, 0.25) is 0 Å². The molecule has 1 aromatic heterocycles. The van der Waals surface area contributed by atoms with E-state index in [4.69, 9.17) is 9.47 Å². The molecule has 0 aliphatic carbocycles. The van der Waals surface area contributed by atoms with Crippen molar-refractivity contribution >= 4 is 22.8 Å². The van der Waals surface area contributed by atoms with Crippen molar-refractivity contribution in [1.29, 1.82) is 0 Å². The molecule has 1 saturated heterocycles. The molecule has 26 heavy (non-hydrogen) atoms. The van der Waals surface area contributed by atoms with Crippen LogP contribution in [-0.4, -0.2) is 48.6 Å². The second-order valence-corrected chi connectivity index (χ2v) is 6.50. The Balaban J connectivity index is 1.76. The van der Waals surface area contributed by atoms with Gasteiger partial charge in [-0.15, -0.1) is 0 Å². The number of carbonyl (C=O) groups excluding carboxylic acids is 2. The van der Waals surface area contributed by atoms with Crippen LogP contribution < -0.4 is 4.74 Å². The van der Waals surface area contributed by atoms with Gasteiger partial charge >= 0.3 is 5.97 Å². The number of aryl methyl sites for hydroxylation is 1. The van der Waals surface area contributed by atoms with E-state index in [0.29, 0.717) is 43.8 Å². The highest BCUT2D eigenvalue weighted by Gasteiger charge is 2.29. The van der Waals surface area contributed by atoms with Crippen molar-refractivity contribution in [2.45, 2.75) is 26.7 Å². The molecule has 0 bridgehead atoms. The maximum absolute atomic E-state index is 12.9. The number of pyridine rings is 1. The van der Waals surface area contributed by atoms with E-state index in [1.807, 2.05) is 38.1 Å². The number of hydrogen-bond acceptors (Lipinski definition) is 5. The Morgan fingerprint density at radius 2 is 1.96 bits per heavy atom. The molecule has 6 nitrogen and oxygen atoms in total. The first-order valence-electron chi connectivity index (χ1n) is 8.94. The summed E-state index contributed by atoms with van der Waals surface area (Å²) >= 11 is 0. The first-order valence-corrected chi connectivity index (χ1v) is 8.94. The first kappa shape index (κ1) is 18.2. The monoisotopic (exact) mass is 356 g/mol. The average Bonchev–Trinajstić information content (AvgIpc) is 2.66. The molecule has 1 amide bonds. The van der Waals surface area contributed by atoms with Crippen molar-refractivity contribution in [2.24, 2.45) is 5.92 Å². The van der Waals surface area contributed by atoms with E-state index >= 15 is 0 Å². The lowest BCUT2D eigenvalue weighted by molar-refractivity contribution is -0.149. The molecule has 0 N–H and O–H groups in total. The van der Waals surface area contributed by atoms with Gasteiger partial charge < -0.3 is 14.4 Å². The molecule has 1 aliphatic rings. The molecule has 1 aromatic carbocycles. The average molecular weight is 356 g/mol. The minimum atomic E-state index is -0.155. The van der Waals surface area contributed by atoms with Crippen LogP contribution in [0.4, 0.5) is 0 Å². The van der Waals surface area contributed by atoms with Gasteiger partial charge in [0.1, 0.15) is 5.75 Å². The van der Waals surface area contributed by atoms with Crippen molar-refractivity contribution in [3.8, 4) is 5.75 Å². The third-order valence-electron chi connectivity index (χ3n) is 4.85. The summed E-state index contributed by atoms with van der Waals surface area (Å²) in [6.07, 6.45) is 1.28. The van der Waals surface area contributed by atoms with Crippen molar-refractivity contribution in [3.05, 3.63) is 35.5 Å². The summed E-state index contributed by atoms with van der Waals surface area (Å²) in [4.78, 5) is 31.2. The zero-order chi connectivity index (χ0) is 18.7. The minimum Gasteiger partial charge on any atom is -0.497 e. The van der Waals surface area contributed by atoms with Gasteiger partial charge in [0.15, 0.2) is 0 Å². The Bertz CT molecular complexity index is 826. The summed E-state index contributed by atoms with van der Waals surface area (Å²) in [6.45, 7) is 5.16. The second kappa shape index (κ2) is 7.72. The molecular weight excluding hydrogens is 332 g/mol. The van der Waals surface area contributed by atoms with E-state index in [-0.39, 0.29) is 17.8 Å². The molecule has 1 aliphatic heterocycles. The van der Waals surface area contributed by atoms with Gasteiger partial charge in [0.25, 0.3) is 5.91 Å². The van der Waals surface area contributed by atoms with Crippen molar-refractivity contribution in [2.75, 3.05) is 26.8 Å². The van der Waals surface area contributed by atoms with Crippen LogP contribution in [0.5, 0.6) is 5.75 Å². The van der Waals surface area contributed by atoms with Crippen LogP contribution in [0, 0.1) is 12.8 Å². The van der Waals surface area contributed by atoms with Crippen LogP contribution in [-0.2, 0) is 9.53 Å².